The van der Waals surface area contributed by atoms with E-state index in [0.29, 0.717) is 12.8 Å². The van der Waals surface area contributed by atoms with E-state index < -0.39 is 29.1 Å². The molecule has 1 heterocycles. The number of carbonyl (C=O) groups excluding carboxylic acids is 3. The lowest BCUT2D eigenvalue weighted by Crippen LogP contribution is -2.46. The van der Waals surface area contributed by atoms with Crippen LogP contribution in [0.4, 0.5) is 4.79 Å². The second-order valence-corrected chi connectivity index (χ2v) is 6.56. The van der Waals surface area contributed by atoms with Crippen LogP contribution in [0, 0.1) is 5.41 Å². The quantitative estimate of drug-likeness (QED) is 0.546. The van der Waals surface area contributed by atoms with Crippen LogP contribution >= 0.6 is 0 Å². The van der Waals surface area contributed by atoms with Gasteiger partial charge < -0.3 is 9.47 Å². The molecule has 1 atom stereocenters. The number of esters is 1. The van der Waals surface area contributed by atoms with Gasteiger partial charge in [-0.05, 0) is 40.0 Å². The van der Waals surface area contributed by atoms with Crippen molar-refractivity contribution in [3.63, 3.8) is 0 Å². The first-order chi connectivity index (χ1) is 9.70. The molecule has 0 N–H and O–H groups in total. The average Bonchev–Trinajstić information content (AvgIpc) is 2.94. The second-order valence-electron chi connectivity index (χ2n) is 6.56. The molecule has 0 saturated carbocycles. The van der Waals surface area contributed by atoms with Crippen LogP contribution in [0.5, 0.6) is 0 Å². The minimum absolute atomic E-state index is 0.282. The summed E-state index contributed by atoms with van der Waals surface area (Å²) in [4.78, 5) is 37.8. The van der Waals surface area contributed by atoms with Gasteiger partial charge in [0.1, 0.15) is 11.6 Å². The lowest BCUT2D eigenvalue weighted by Gasteiger charge is -2.26. The van der Waals surface area contributed by atoms with E-state index in [0.717, 1.165) is 4.90 Å². The average molecular weight is 295 g/mol. The zero-order valence-electron chi connectivity index (χ0n) is 12.8. The van der Waals surface area contributed by atoms with Crippen molar-refractivity contribution >= 4 is 18.0 Å². The van der Waals surface area contributed by atoms with Crippen LogP contribution in [-0.2, 0) is 19.1 Å². The van der Waals surface area contributed by atoms with Gasteiger partial charge in [0.05, 0.1) is 12.5 Å². The molecule has 1 fully saturated rings. The first-order valence-corrected chi connectivity index (χ1v) is 7.00. The molecule has 21 heavy (non-hydrogen) atoms. The number of nitrogens with zero attached hydrogens (tertiary/aromatic N) is 1. The maximum atomic E-state index is 12.7. The number of hydrogen-bond acceptors (Lipinski definition) is 5. The van der Waals surface area contributed by atoms with Gasteiger partial charge in [0.25, 0.3) is 0 Å². The van der Waals surface area contributed by atoms with Crippen molar-refractivity contribution in [1.82, 2.24) is 4.90 Å². The van der Waals surface area contributed by atoms with Gasteiger partial charge in [0.15, 0.2) is 0 Å². The first-order valence-electron chi connectivity index (χ1n) is 7.00. The van der Waals surface area contributed by atoms with Crippen molar-refractivity contribution in [1.29, 1.82) is 0 Å². The summed E-state index contributed by atoms with van der Waals surface area (Å²) in [7, 11) is 1.25. The van der Waals surface area contributed by atoms with Crippen LogP contribution in [0.2, 0.25) is 0 Å². The van der Waals surface area contributed by atoms with Gasteiger partial charge in [0, 0.05) is 0 Å². The molecular weight excluding hydrogens is 274 g/mol. The highest BCUT2D eigenvalue weighted by Gasteiger charge is 2.57. The summed E-state index contributed by atoms with van der Waals surface area (Å²) in [6, 6.07) is -0.905. The summed E-state index contributed by atoms with van der Waals surface area (Å²) in [5.74, 6) is -0.935. The Morgan fingerprint density at radius 1 is 1.29 bits per heavy atom. The Kier molecular flexibility index (Phi) is 3.82. The fourth-order valence-electron chi connectivity index (χ4n) is 2.83. The molecule has 1 spiro atoms. The first kappa shape index (κ1) is 15.5. The molecule has 0 radical (unpaired) electrons. The summed E-state index contributed by atoms with van der Waals surface area (Å²) in [6.45, 7) is 5.14. The molecule has 1 saturated heterocycles. The summed E-state index contributed by atoms with van der Waals surface area (Å²) < 4.78 is 9.99. The Morgan fingerprint density at radius 3 is 2.33 bits per heavy atom. The van der Waals surface area contributed by atoms with E-state index in [1.807, 2.05) is 12.2 Å². The zero-order chi connectivity index (χ0) is 15.8. The predicted octanol–water partition coefficient (Wildman–Crippen LogP) is 2.03. The van der Waals surface area contributed by atoms with E-state index in [9.17, 15) is 14.4 Å². The fraction of sp³-hybridized carbons (Fsp3) is 0.667. The second kappa shape index (κ2) is 5.16. The highest BCUT2D eigenvalue weighted by Crippen LogP contribution is 2.46. The number of likely N-dealkylation sites (tertiary alicyclic amines) is 1. The van der Waals surface area contributed by atoms with Gasteiger partial charge in [-0.2, -0.15) is 0 Å². The number of methoxy groups -OCH3 is 1. The monoisotopic (exact) mass is 295 g/mol. The normalized spacial score (nSPS) is 23.7. The van der Waals surface area contributed by atoms with Gasteiger partial charge in [-0.1, -0.05) is 12.2 Å². The number of hydrogen-bond donors (Lipinski definition) is 0. The van der Waals surface area contributed by atoms with E-state index in [2.05, 4.69) is 0 Å². The van der Waals surface area contributed by atoms with Gasteiger partial charge in [-0.25, -0.2) is 14.5 Å². The van der Waals surface area contributed by atoms with Crippen LogP contribution in [0.1, 0.15) is 40.0 Å². The van der Waals surface area contributed by atoms with Crippen LogP contribution in [0.25, 0.3) is 0 Å². The molecule has 2 aliphatic rings. The highest BCUT2D eigenvalue weighted by atomic mass is 16.6. The SMILES string of the molecule is COC(=O)[C@@H]1CC2(CC=CC2)C(=O)N1C(=O)OC(C)(C)C. The third kappa shape index (κ3) is 2.80. The smallest absolute Gasteiger partial charge is 0.417 e. The molecule has 0 bridgehead atoms. The molecule has 116 valence electrons. The minimum Gasteiger partial charge on any atom is -0.467 e. The number of amides is 2. The maximum absolute atomic E-state index is 12.7. The van der Waals surface area contributed by atoms with E-state index in [1.165, 1.54) is 7.11 Å². The molecule has 1 aliphatic carbocycles. The molecule has 1 aliphatic heterocycles. The molecule has 0 aromatic rings. The van der Waals surface area contributed by atoms with Crippen molar-refractivity contribution in [2.24, 2.45) is 5.41 Å². The summed E-state index contributed by atoms with van der Waals surface area (Å²) in [6.07, 6.45) is 4.39. The van der Waals surface area contributed by atoms with E-state index in [4.69, 9.17) is 9.47 Å². The van der Waals surface area contributed by atoms with Gasteiger partial charge in [-0.3, -0.25) is 4.79 Å². The molecule has 0 aromatic heterocycles. The van der Waals surface area contributed by atoms with Crippen molar-refractivity contribution in [3.8, 4) is 0 Å². The van der Waals surface area contributed by atoms with Crippen LogP contribution < -0.4 is 0 Å². The molecule has 0 unspecified atom stereocenters. The van der Waals surface area contributed by atoms with Crippen LogP contribution in [0.15, 0.2) is 12.2 Å². The fourth-order valence-corrected chi connectivity index (χ4v) is 2.83. The van der Waals surface area contributed by atoms with Crippen LogP contribution in [-0.4, -0.2) is 41.6 Å². The Hall–Kier alpha value is -1.85. The third-order valence-electron chi connectivity index (χ3n) is 3.82. The number of rotatable bonds is 1. The summed E-state index contributed by atoms with van der Waals surface area (Å²) in [5, 5.41) is 0. The molecular formula is C15H21NO5. The largest absolute Gasteiger partial charge is 0.467 e. The molecule has 6 heteroatoms. The maximum Gasteiger partial charge on any atom is 0.417 e. The van der Waals surface area contributed by atoms with Gasteiger partial charge >= 0.3 is 12.1 Å². The number of ether oxygens (including phenoxy) is 2. The Morgan fingerprint density at radius 2 is 1.86 bits per heavy atom. The van der Waals surface area contributed by atoms with Crippen LogP contribution in [0.3, 0.4) is 0 Å². The zero-order valence-corrected chi connectivity index (χ0v) is 12.8. The van der Waals surface area contributed by atoms with Crippen molar-refractivity contribution in [3.05, 3.63) is 12.2 Å². The number of carbonyl (C=O) groups is 3. The highest BCUT2D eigenvalue weighted by molar-refractivity contribution is 6.03. The number of allylic oxidation sites excluding steroid dienone is 2. The summed E-state index contributed by atoms with van der Waals surface area (Å²) >= 11 is 0. The minimum atomic E-state index is -0.905. The van der Waals surface area contributed by atoms with Gasteiger partial charge in [0.2, 0.25) is 5.91 Å². The van der Waals surface area contributed by atoms with Crippen molar-refractivity contribution in [2.45, 2.75) is 51.7 Å². The topological polar surface area (TPSA) is 72.9 Å². The number of imide groups is 1. The molecule has 2 rings (SSSR count). The lowest BCUT2D eigenvalue weighted by molar-refractivity contribution is -0.149. The lowest BCUT2D eigenvalue weighted by atomic mass is 9.82. The predicted molar refractivity (Wildman–Crippen MR) is 74.3 cm³/mol. The standard InChI is InChI=1S/C15H21NO5/c1-14(2,3)21-13(19)16-10(11(17)20-4)9-15(12(16)18)7-5-6-8-15/h5-6,10H,7-9H2,1-4H3/t10-/m0/s1. The van der Waals surface area contributed by atoms with E-state index in [1.54, 1.807) is 20.8 Å². The third-order valence-corrected chi connectivity index (χ3v) is 3.82. The van der Waals surface area contributed by atoms with Crippen molar-refractivity contribution in [2.75, 3.05) is 7.11 Å². The van der Waals surface area contributed by atoms with Gasteiger partial charge in [-0.15, -0.1) is 0 Å². The van der Waals surface area contributed by atoms with Crippen molar-refractivity contribution < 1.29 is 23.9 Å². The molecule has 6 nitrogen and oxygen atoms in total. The summed E-state index contributed by atoms with van der Waals surface area (Å²) in [5.41, 5.74) is -1.43. The Bertz CT molecular complexity index is 495. The molecule has 0 aromatic carbocycles. The molecule has 2 amide bonds. The Labute approximate surface area is 124 Å². The van der Waals surface area contributed by atoms with E-state index in [-0.39, 0.29) is 12.3 Å². The Balaban J connectivity index is 2.28. The van der Waals surface area contributed by atoms with E-state index >= 15 is 0 Å².